The van der Waals surface area contributed by atoms with E-state index in [1.165, 1.54) is 25.3 Å². The highest BCUT2D eigenvalue weighted by molar-refractivity contribution is 7.92. The second kappa shape index (κ2) is 8.90. The Labute approximate surface area is 192 Å². The van der Waals surface area contributed by atoms with Gasteiger partial charge in [0.25, 0.3) is 10.0 Å². The van der Waals surface area contributed by atoms with Crippen LogP contribution in [0.25, 0.3) is 11.1 Å². The first kappa shape index (κ1) is 22.8. The van der Waals surface area contributed by atoms with E-state index in [2.05, 4.69) is 4.72 Å². The number of anilines is 1. The van der Waals surface area contributed by atoms with E-state index in [1.807, 2.05) is 6.92 Å². The fourth-order valence-electron chi connectivity index (χ4n) is 4.00. The van der Waals surface area contributed by atoms with Gasteiger partial charge in [-0.05, 0) is 48.4 Å². The summed E-state index contributed by atoms with van der Waals surface area (Å²) in [7, 11) is -2.40. The molecule has 8 heteroatoms. The van der Waals surface area contributed by atoms with Gasteiger partial charge in [0.2, 0.25) is 0 Å². The number of phenolic OH excluding ortho intramolecular Hbond substituents is 1. The maximum atomic E-state index is 13.0. The van der Waals surface area contributed by atoms with Gasteiger partial charge >= 0.3 is 0 Å². The monoisotopic (exact) mass is 467 g/mol. The van der Waals surface area contributed by atoms with E-state index in [-0.39, 0.29) is 17.1 Å². The minimum Gasteiger partial charge on any atom is -0.507 e. The minimum atomic E-state index is -3.87. The molecule has 0 radical (unpaired) electrons. The molecule has 0 aromatic heterocycles. The van der Waals surface area contributed by atoms with Gasteiger partial charge in [-0.1, -0.05) is 35.9 Å². The van der Waals surface area contributed by atoms with Crippen LogP contribution in [0.3, 0.4) is 0 Å². The molecular formula is C25H25NO6S. The highest BCUT2D eigenvalue weighted by Crippen LogP contribution is 2.45. The van der Waals surface area contributed by atoms with E-state index < -0.39 is 22.2 Å². The Balaban J connectivity index is 1.82. The number of sulfonamides is 1. The van der Waals surface area contributed by atoms with Crippen LogP contribution in [0.2, 0.25) is 0 Å². The number of aromatic hydroxyl groups is 1. The van der Waals surface area contributed by atoms with Crippen LogP contribution in [0.1, 0.15) is 23.1 Å². The molecule has 7 nitrogen and oxygen atoms in total. The van der Waals surface area contributed by atoms with Crippen molar-refractivity contribution in [2.45, 2.75) is 30.4 Å². The number of para-hydroxylation sites is 1. The van der Waals surface area contributed by atoms with Gasteiger partial charge < -0.3 is 20.1 Å². The van der Waals surface area contributed by atoms with Gasteiger partial charge in [-0.2, -0.15) is 0 Å². The van der Waals surface area contributed by atoms with Gasteiger partial charge in [0.15, 0.2) is 0 Å². The first-order valence-corrected chi connectivity index (χ1v) is 11.8. The molecule has 0 fully saturated rings. The number of nitrogens with one attached hydrogen (secondary N) is 1. The van der Waals surface area contributed by atoms with Crippen molar-refractivity contribution >= 4 is 26.9 Å². The highest BCUT2D eigenvalue weighted by Gasteiger charge is 2.35. The second-order valence-corrected chi connectivity index (χ2v) is 9.64. The molecule has 3 aromatic rings. The van der Waals surface area contributed by atoms with Crippen molar-refractivity contribution in [3.63, 3.8) is 0 Å². The molecule has 3 aromatic carbocycles. The number of aryl methyl sites for hydroxylation is 1. The number of rotatable bonds is 6. The molecule has 0 saturated carbocycles. The molecular weight excluding hydrogens is 442 g/mol. The average molecular weight is 468 g/mol. The van der Waals surface area contributed by atoms with Gasteiger partial charge in [-0.3, -0.25) is 4.72 Å². The Morgan fingerprint density at radius 1 is 0.970 bits per heavy atom. The number of aliphatic hydroxyl groups is 2. The number of hydrogen-bond donors (Lipinski definition) is 4. The molecule has 172 valence electrons. The third-order valence-corrected chi connectivity index (χ3v) is 7.10. The molecule has 33 heavy (non-hydrogen) atoms. The van der Waals surface area contributed by atoms with Gasteiger partial charge in [-0.25, -0.2) is 8.42 Å². The molecule has 0 bridgehead atoms. The second-order valence-electron chi connectivity index (χ2n) is 7.96. The molecule has 4 N–H and O–H groups in total. The summed E-state index contributed by atoms with van der Waals surface area (Å²) in [5.74, 6) is 0.324. The molecule has 0 aliphatic heterocycles. The van der Waals surface area contributed by atoms with Crippen LogP contribution in [0, 0.1) is 6.92 Å². The van der Waals surface area contributed by atoms with Crippen molar-refractivity contribution in [2.75, 3.05) is 11.8 Å². The normalized spacial score (nSPS) is 18.4. The zero-order chi connectivity index (χ0) is 23.8. The van der Waals surface area contributed by atoms with Crippen molar-refractivity contribution in [2.24, 2.45) is 0 Å². The summed E-state index contributed by atoms with van der Waals surface area (Å²) in [5, 5.41) is 31.7. The lowest BCUT2D eigenvalue weighted by Gasteiger charge is -2.17. The fraction of sp³-hybridized carbons (Fsp3) is 0.200. The Morgan fingerprint density at radius 2 is 1.67 bits per heavy atom. The van der Waals surface area contributed by atoms with Crippen LogP contribution >= 0.6 is 0 Å². The van der Waals surface area contributed by atoms with Gasteiger partial charge in [0.1, 0.15) is 17.6 Å². The van der Waals surface area contributed by atoms with Crippen LogP contribution in [0.15, 0.2) is 71.6 Å². The fourth-order valence-corrected chi connectivity index (χ4v) is 5.08. The Bertz CT molecular complexity index is 1310. The third-order valence-electron chi connectivity index (χ3n) is 5.72. The largest absolute Gasteiger partial charge is 0.507 e. The maximum absolute atomic E-state index is 13.0. The van der Waals surface area contributed by atoms with E-state index in [0.29, 0.717) is 33.7 Å². The van der Waals surface area contributed by atoms with E-state index >= 15 is 0 Å². The maximum Gasteiger partial charge on any atom is 0.261 e. The van der Waals surface area contributed by atoms with Gasteiger partial charge in [0, 0.05) is 23.6 Å². The van der Waals surface area contributed by atoms with Crippen molar-refractivity contribution in [1.82, 2.24) is 0 Å². The van der Waals surface area contributed by atoms with Crippen LogP contribution in [0.5, 0.6) is 11.5 Å². The lowest BCUT2D eigenvalue weighted by Crippen LogP contribution is -2.21. The lowest BCUT2D eigenvalue weighted by atomic mass is 9.94. The molecule has 2 atom stereocenters. The average Bonchev–Trinajstić information content (AvgIpc) is 3.08. The van der Waals surface area contributed by atoms with Crippen LogP contribution in [0.4, 0.5) is 5.69 Å². The summed E-state index contributed by atoms with van der Waals surface area (Å²) in [6, 6.07) is 17.9. The summed E-state index contributed by atoms with van der Waals surface area (Å²) in [4.78, 5) is 0.122. The summed E-state index contributed by atoms with van der Waals surface area (Å²) >= 11 is 0. The number of benzene rings is 3. The number of phenols is 1. The quantitative estimate of drug-likeness (QED) is 0.441. The molecule has 0 saturated heterocycles. The Hall–Kier alpha value is -3.33. The number of methoxy groups -OCH3 is 1. The number of ether oxygens (including phenoxy) is 1. The molecule has 0 heterocycles. The molecule has 0 amide bonds. The zero-order valence-corrected chi connectivity index (χ0v) is 19.0. The van der Waals surface area contributed by atoms with Gasteiger partial charge in [-0.15, -0.1) is 0 Å². The summed E-state index contributed by atoms with van der Waals surface area (Å²) in [6.45, 7) is 1.87. The predicted octanol–water partition coefficient (Wildman–Crippen LogP) is 3.55. The number of aliphatic hydroxyl groups excluding tert-OH is 2. The summed E-state index contributed by atoms with van der Waals surface area (Å²) in [5.41, 5.74) is 2.97. The van der Waals surface area contributed by atoms with Gasteiger partial charge in [0.05, 0.1) is 23.8 Å². The topological polar surface area (TPSA) is 116 Å². The Morgan fingerprint density at radius 3 is 2.33 bits per heavy atom. The number of hydrogen-bond acceptors (Lipinski definition) is 6. The third kappa shape index (κ3) is 4.45. The Kier molecular flexibility index (Phi) is 6.16. The van der Waals surface area contributed by atoms with Crippen molar-refractivity contribution < 1.29 is 28.5 Å². The lowest BCUT2D eigenvalue weighted by molar-refractivity contribution is 0.0663. The molecule has 4 rings (SSSR count). The van der Waals surface area contributed by atoms with E-state index in [9.17, 15) is 23.7 Å². The van der Waals surface area contributed by atoms with E-state index in [4.69, 9.17) is 4.74 Å². The summed E-state index contributed by atoms with van der Waals surface area (Å²) in [6.07, 6.45) is -2.26. The van der Waals surface area contributed by atoms with Crippen molar-refractivity contribution in [1.29, 1.82) is 0 Å². The zero-order valence-electron chi connectivity index (χ0n) is 18.2. The molecule has 1 aliphatic rings. The molecule has 1 aliphatic carbocycles. The highest BCUT2D eigenvalue weighted by atomic mass is 32.2. The first-order valence-electron chi connectivity index (χ1n) is 10.4. The first-order chi connectivity index (χ1) is 15.7. The smallest absolute Gasteiger partial charge is 0.261 e. The SMILES string of the molecule is COc1ccc(C2=C(c3ccccc3NS(=O)(=O)c3ccc(C)cc3)C[C@H](O)[C@@H]2O)c(O)c1. The van der Waals surface area contributed by atoms with E-state index in [0.717, 1.165) is 5.56 Å². The summed E-state index contributed by atoms with van der Waals surface area (Å²) < 4.78 is 33.8. The predicted molar refractivity (Wildman–Crippen MR) is 127 cm³/mol. The van der Waals surface area contributed by atoms with Crippen molar-refractivity contribution in [3.8, 4) is 11.5 Å². The van der Waals surface area contributed by atoms with Crippen LogP contribution in [-0.2, 0) is 10.0 Å². The molecule has 0 unspecified atom stereocenters. The van der Waals surface area contributed by atoms with E-state index in [1.54, 1.807) is 48.5 Å². The minimum absolute atomic E-state index is 0.0885. The van der Waals surface area contributed by atoms with Crippen molar-refractivity contribution in [3.05, 3.63) is 83.4 Å². The standard InChI is InChI=1S/C25H25NO6S/c1-15-7-10-17(11-8-15)33(30,31)26-21-6-4-3-5-18(21)20-14-23(28)25(29)24(20)19-12-9-16(32-2)13-22(19)27/h3-13,23,25-29H,14H2,1-2H3/t23-,25-/m0/s1. The molecule has 0 spiro atoms. The van der Waals surface area contributed by atoms with Crippen LogP contribution < -0.4 is 9.46 Å². The van der Waals surface area contributed by atoms with Crippen LogP contribution in [-0.4, -0.2) is 43.1 Å².